The predicted molar refractivity (Wildman–Crippen MR) is 78.1 cm³/mol. The van der Waals surface area contributed by atoms with Crippen molar-refractivity contribution >= 4 is 23.3 Å². The van der Waals surface area contributed by atoms with Gasteiger partial charge in [0.1, 0.15) is 0 Å². The Labute approximate surface area is 127 Å². The molecule has 114 valence electrons. The van der Waals surface area contributed by atoms with Crippen molar-refractivity contribution < 1.29 is 14.5 Å². The van der Waals surface area contributed by atoms with Gasteiger partial charge in [0.25, 0.3) is 5.69 Å². The van der Waals surface area contributed by atoms with E-state index in [1.54, 1.807) is 12.1 Å². The van der Waals surface area contributed by atoms with E-state index < -0.39 is 4.92 Å². The van der Waals surface area contributed by atoms with Gasteiger partial charge in [0.15, 0.2) is 0 Å². The topological polar surface area (TPSA) is 72.7 Å². The lowest BCUT2D eigenvalue weighted by Crippen LogP contribution is -2.38. The molecule has 6 nitrogen and oxygen atoms in total. The highest BCUT2D eigenvalue weighted by atomic mass is 35.5. The lowest BCUT2D eigenvalue weighted by molar-refractivity contribution is -0.385. The Kier molecular flexibility index (Phi) is 5.14. The molecule has 0 N–H and O–H groups in total. The maximum absolute atomic E-state index is 11.6. The van der Waals surface area contributed by atoms with Gasteiger partial charge in [-0.3, -0.25) is 19.8 Å². The zero-order valence-electron chi connectivity index (χ0n) is 11.8. The minimum absolute atomic E-state index is 0.0164. The first-order chi connectivity index (χ1) is 10.0. The van der Waals surface area contributed by atoms with Gasteiger partial charge in [0, 0.05) is 29.7 Å². The number of piperidine rings is 1. The van der Waals surface area contributed by atoms with Crippen LogP contribution in [0, 0.1) is 16.0 Å². The number of methoxy groups -OCH3 is 1. The molecule has 0 bridgehead atoms. The third kappa shape index (κ3) is 3.92. The summed E-state index contributed by atoms with van der Waals surface area (Å²) in [5.74, 6) is -0.375. The van der Waals surface area contributed by atoms with Crippen molar-refractivity contribution in [2.45, 2.75) is 19.4 Å². The first-order valence-electron chi connectivity index (χ1n) is 6.74. The van der Waals surface area contributed by atoms with E-state index in [0.717, 1.165) is 19.4 Å². The molecule has 1 aliphatic rings. The molecule has 1 saturated heterocycles. The molecule has 1 atom stereocenters. The quantitative estimate of drug-likeness (QED) is 0.485. The van der Waals surface area contributed by atoms with Crippen LogP contribution in [0.3, 0.4) is 0 Å². The highest BCUT2D eigenvalue weighted by Crippen LogP contribution is 2.26. The first-order valence-corrected chi connectivity index (χ1v) is 7.12. The van der Waals surface area contributed by atoms with Gasteiger partial charge in [-0.2, -0.15) is 0 Å². The van der Waals surface area contributed by atoms with E-state index in [1.807, 2.05) is 4.90 Å². The molecular weight excluding hydrogens is 296 g/mol. The minimum Gasteiger partial charge on any atom is -0.469 e. The molecule has 1 fully saturated rings. The van der Waals surface area contributed by atoms with Crippen LogP contribution in [-0.2, 0) is 16.1 Å². The average Bonchev–Trinajstić information content (AvgIpc) is 2.48. The summed E-state index contributed by atoms with van der Waals surface area (Å²) < 4.78 is 4.77. The Morgan fingerprint density at radius 1 is 1.57 bits per heavy atom. The van der Waals surface area contributed by atoms with Crippen LogP contribution in [0.1, 0.15) is 18.4 Å². The number of nitro benzene ring substituents is 1. The second-order valence-corrected chi connectivity index (χ2v) is 5.56. The summed E-state index contributed by atoms with van der Waals surface area (Å²) in [4.78, 5) is 24.3. The fourth-order valence-corrected chi connectivity index (χ4v) is 2.81. The summed E-state index contributed by atoms with van der Waals surface area (Å²) in [5, 5.41) is 11.4. The van der Waals surface area contributed by atoms with E-state index in [1.165, 1.54) is 13.2 Å². The molecule has 1 heterocycles. The number of nitro groups is 1. The smallest absolute Gasteiger partial charge is 0.309 e. The molecule has 1 aliphatic heterocycles. The minimum atomic E-state index is -0.428. The molecule has 1 aromatic carbocycles. The summed E-state index contributed by atoms with van der Waals surface area (Å²) >= 11 is 5.81. The van der Waals surface area contributed by atoms with E-state index >= 15 is 0 Å². The van der Waals surface area contributed by atoms with Crippen LogP contribution in [0.25, 0.3) is 0 Å². The van der Waals surface area contributed by atoms with Crippen LogP contribution in [0.5, 0.6) is 0 Å². The highest BCUT2D eigenvalue weighted by molar-refractivity contribution is 6.30. The Morgan fingerprint density at radius 3 is 3.00 bits per heavy atom. The van der Waals surface area contributed by atoms with Crippen LogP contribution in [0.2, 0.25) is 5.02 Å². The molecule has 0 aliphatic carbocycles. The monoisotopic (exact) mass is 312 g/mol. The molecular formula is C14H17ClN2O4. The molecule has 0 radical (unpaired) electrons. The van der Waals surface area contributed by atoms with Gasteiger partial charge in [0.2, 0.25) is 0 Å². The third-order valence-corrected chi connectivity index (χ3v) is 3.91. The molecule has 1 aromatic rings. The Bertz CT molecular complexity index is 550. The van der Waals surface area contributed by atoms with E-state index in [-0.39, 0.29) is 17.6 Å². The fraction of sp³-hybridized carbons (Fsp3) is 0.500. The highest BCUT2D eigenvalue weighted by Gasteiger charge is 2.27. The van der Waals surface area contributed by atoms with Crippen LogP contribution in [0.15, 0.2) is 18.2 Å². The summed E-state index contributed by atoms with van der Waals surface area (Å²) in [5.41, 5.74) is 0.623. The van der Waals surface area contributed by atoms with Crippen molar-refractivity contribution in [1.82, 2.24) is 4.90 Å². The third-order valence-electron chi connectivity index (χ3n) is 3.68. The van der Waals surface area contributed by atoms with Crippen molar-refractivity contribution in [2.24, 2.45) is 5.92 Å². The van der Waals surface area contributed by atoms with Crippen LogP contribution < -0.4 is 0 Å². The molecule has 0 saturated carbocycles. The predicted octanol–water partition coefficient (Wildman–Crippen LogP) is 2.63. The van der Waals surface area contributed by atoms with Gasteiger partial charge in [-0.1, -0.05) is 11.6 Å². The number of esters is 1. The second kappa shape index (κ2) is 6.87. The zero-order chi connectivity index (χ0) is 15.4. The van der Waals surface area contributed by atoms with E-state index in [2.05, 4.69) is 0 Å². The van der Waals surface area contributed by atoms with Gasteiger partial charge >= 0.3 is 5.97 Å². The summed E-state index contributed by atoms with van der Waals surface area (Å²) in [6, 6.07) is 4.67. The number of carbonyl (C=O) groups excluding carboxylic acids is 1. The number of hydrogen-bond acceptors (Lipinski definition) is 5. The molecule has 7 heteroatoms. The SMILES string of the molecule is COC(=O)C1CCCN(Cc2ccc(Cl)cc2[N+](=O)[O-])C1. The first kappa shape index (κ1) is 15.7. The maximum Gasteiger partial charge on any atom is 0.309 e. The summed E-state index contributed by atoms with van der Waals surface area (Å²) in [7, 11) is 1.38. The maximum atomic E-state index is 11.6. The fourth-order valence-electron chi connectivity index (χ4n) is 2.64. The standard InChI is InChI=1S/C14H17ClN2O4/c1-21-14(18)11-3-2-6-16(9-11)8-10-4-5-12(15)7-13(10)17(19)20/h4-5,7,11H,2-3,6,8-9H2,1H3. The number of benzene rings is 1. The van der Waals surface area contributed by atoms with E-state index in [0.29, 0.717) is 23.7 Å². The number of likely N-dealkylation sites (tertiary alicyclic amines) is 1. The van der Waals surface area contributed by atoms with Gasteiger partial charge in [-0.25, -0.2) is 0 Å². The molecule has 2 rings (SSSR count). The summed E-state index contributed by atoms with van der Waals surface area (Å²) in [6.07, 6.45) is 1.67. The second-order valence-electron chi connectivity index (χ2n) is 5.13. The number of halogens is 1. The molecule has 0 aromatic heterocycles. The van der Waals surface area contributed by atoms with Crippen molar-refractivity contribution in [3.8, 4) is 0 Å². The van der Waals surface area contributed by atoms with Crippen molar-refractivity contribution in [3.05, 3.63) is 38.9 Å². The summed E-state index contributed by atoms with van der Waals surface area (Å²) in [6.45, 7) is 1.81. The van der Waals surface area contributed by atoms with E-state index in [4.69, 9.17) is 16.3 Å². The number of ether oxygens (including phenoxy) is 1. The normalized spacial score (nSPS) is 19.2. The Balaban J connectivity index is 2.11. The number of hydrogen-bond donors (Lipinski definition) is 0. The van der Waals surface area contributed by atoms with Gasteiger partial charge < -0.3 is 4.74 Å². The van der Waals surface area contributed by atoms with Gasteiger partial charge in [-0.05, 0) is 31.5 Å². The van der Waals surface area contributed by atoms with Gasteiger partial charge in [-0.15, -0.1) is 0 Å². The Hall–Kier alpha value is -1.66. The Morgan fingerprint density at radius 2 is 2.33 bits per heavy atom. The van der Waals surface area contributed by atoms with E-state index in [9.17, 15) is 14.9 Å². The van der Waals surface area contributed by atoms with Crippen molar-refractivity contribution in [2.75, 3.05) is 20.2 Å². The van der Waals surface area contributed by atoms with Gasteiger partial charge in [0.05, 0.1) is 18.0 Å². The zero-order valence-corrected chi connectivity index (χ0v) is 12.5. The lowest BCUT2D eigenvalue weighted by Gasteiger charge is -2.31. The number of rotatable bonds is 4. The van der Waals surface area contributed by atoms with Crippen LogP contribution in [-0.4, -0.2) is 36.0 Å². The van der Waals surface area contributed by atoms with Crippen molar-refractivity contribution in [1.29, 1.82) is 0 Å². The molecule has 1 unspecified atom stereocenters. The van der Waals surface area contributed by atoms with Crippen LogP contribution in [0.4, 0.5) is 5.69 Å². The number of nitrogens with zero attached hydrogens (tertiary/aromatic N) is 2. The largest absolute Gasteiger partial charge is 0.469 e. The molecule has 0 amide bonds. The van der Waals surface area contributed by atoms with Crippen LogP contribution >= 0.6 is 11.6 Å². The average molecular weight is 313 g/mol. The molecule has 21 heavy (non-hydrogen) atoms. The lowest BCUT2D eigenvalue weighted by atomic mass is 9.97. The molecule has 0 spiro atoms. The van der Waals surface area contributed by atoms with Crippen molar-refractivity contribution in [3.63, 3.8) is 0 Å². The number of carbonyl (C=O) groups is 1.